The summed E-state index contributed by atoms with van der Waals surface area (Å²) in [4.78, 5) is 39.1. The van der Waals surface area contributed by atoms with Crippen LogP contribution in [0.5, 0.6) is 0 Å². The summed E-state index contributed by atoms with van der Waals surface area (Å²) in [5.74, 6) is 0.287. The molecule has 10 heteroatoms. The summed E-state index contributed by atoms with van der Waals surface area (Å²) in [5, 5.41) is 14.7. The van der Waals surface area contributed by atoms with Crippen LogP contribution in [0.15, 0.2) is 94.3 Å². The van der Waals surface area contributed by atoms with E-state index in [0.29, 0.717) is 37.4 Å². The fourth-order valence-electron chi connectivity index (χ4n) is 7.95. The number of amides is 2. The van der Waals surface area contributed by atoms with Crippen molar-refractivity contribution in [1.29, 1.82) is 0 Å². The molecule has 3 aliphatic rings. The normalized spacial score (nSPS) is 13.5. The van der Waals surface area contributed by atoms with Crippen molar-refractivity contribution in [2.75, 3.05) is 70.3 Å². The number of carbonyl (C=O) groups excluding carboxylic acids is 2. The predicted molar refractivity (Wildman–Crippen MR) is 225 cm³/mol. The number of hydrogen-bond acceptors (Lipinski definition) is 6. The van der Waals surface area contributed by atoms with Crippen molar-refractivity contribution in [3.63, 3.8) is 0 Å². The molecular weight excluding hydrogens is 701 g/mol. The van der Waals surface area contributed by atoms with Gasteiger partial charge in [0.15, 0.2) is 0 Å². The number of nitrogens with zero attached hydrogens (tertiary/aromatic N) is 5. The molecule has 0 aromatic heterocycles. The van der Waals surface area contributed by atoms with E-state index in [-0.39, 0.29) is 30.6 Å². The van der Waals surface area contributed by atoms with Crippen LogP contribution in [0.4, 0.5) is 17.1 Å². The Kier molecular flexibility index (Phi) is 13.2. The number of rotatable bonds is 14. The van der Waals surface area contributed by atoms with Gasteiger partial charge in [0.25, 0.3) is 5.91 Å². The van der Waals surface area contributed by atoms with Crippen LogP contribution in [0.1, 0.15) is 64.7 Å². The van der Waals surface area contributed by atoms with E-state index in [1.54, 1.807) is 4.90 Å². The molecule has 1 saturated heterocycles. The second kappa shape index (κ2) is 18.4. The first-order chi connectivity index (χ1) is 27.2. The molecule has 0 spiro atoms. The minimum absolute atomic E-state index is 0.0481. The third kappa shape index (κ3) is 8.65. The highest BCUT2D eigenvalue weighted by atomic mass is 16.3. The number of nitrogens with one attached hydrogen (secondary N) is 1. The lowest BCUT2D eigenvalue weighted by atomic mass is 9.90. The van der Waals surface area contributed by atoms with Crippen molar-refractivity contribution >= 4 is 45.7 Å². The Balaban J connectivity index is 1.21. The molecule has 0 saturated carbocycles. The standard InChI is InChI=1S/C46H56N6O4/c1-7-48(8-2)34-19-17-33(18-20-34)47-43(53)25-26-44(54)51-27-29-52(30-28-51)46(55)38-16-14-13-15-37(38)45-39-23-21-35(49(9-3)10-4)31-41(39)56-42-32-36(22-24-40(42)45)50(11-5)12-6/h13-24,31-32H,7-12,25-30H2,1-6H3/p+1. The summed E-state index contributed by atoms with van der Waals surface area (Å²) >= 11 is 0. The van der Waals surface area contributed by atoms with Crippen LogP contribution in [0.3, 0.4) is 0 Å². The lowest BCUT2D eigenvalue weighted by Gasteiger charge is -2.35. The van der Waals surface area contributed by atoms with Gasteiger partial charge in [0, 0.05) is 97.7 Å². The fourth-order valence-corrected chi connectivity index (χ4v) is 7.95. The first kappa shape index (κ1) is 40.2. The topological polar surface area (TPSA) is 99.9 Å². The van der Waals surface area contributed by atoms with Gasteiger partial charge in [-0.25, -0.2) is 4.58 Å². The molecule has 0 bridgehead atoms. The second-order valence-electron chi connectivity index (χ2n) is 14.3. The lowest BCUT2D eigenvalue weighted by Crippen LogP contribution is -3.06. The van der Waals surface area contributed by atoms with Gasteiger partial charge in [-0.1, -0.05) is 18.2 Å². The molecule has 6 rings (SSSR count). The van der Waals surface area contributed by atoms with E-state index >= 15 is 0 Å². The highest BCUT2D eigenvalue weighted by Crippen LogP contribution is 2.42. The number of carbonyl (C=O) groups is 2. The SMILES string of the molecule is CCN(CC)c1ccc2c(-c3ccccc3C(=O)N3CCN(C(=O)CCC([O-])=Nc4ccc([NH+](CC)CC)cc4)CC3)c3ccc(=[N+](CC)CC)cc-3oc2c1. The van der Waals surface area contributed by atoms with Gasteiger partial charge in [0.1, 0.15) is 30.1 Å². The number of benzene rings is 4. The van der Waals surface area contributed by atoms with Crippen molar-refractivity contribution < 1.29 is 24.0 Å². The maximum absolute atomic E-state index is 14.4. The minimum atomic E-state index is -0.311. The highest BCUT2D eigenvalue weighted by Gasteiger charge is 2.28. The molecule has 2 heterocycles. The molecule has 294 valence electrons. The van der Waals surface area contributed by atoms with Gasteiger partial charge in [-0.3, -0.25) is 14.6 Å². The molecular formula is C46H57N6O4+. The van der Waals surface area contributed by atoms with Crippen LogP contribution in [0.2, 0.25) is 0 Å². The summed E-state index contributed by atoms with van der Waals surface area (Å²) in [5.41, 5.74) is 7.00. The molecule has 3 aromatic rings. The zero-order valence-corrected chi connectivity index (χ0v) is 33.9. The van der Waals surface area contributed by atoms with Gasteiger partial charge in [0.05, 0.1) is 24.8 Å². The maximum atomic E-state index is 14.4. The summed E-state index contributed by atoms with van der Waals surface area (Å²) in [6.45, 7) is 20.0. The van der Waals surface area contributed by atoms with Crippen LogP contribution in [0.25, 0.3) is 33.4 Å². The van der Waals surface area contributed by atoms with Gasteiger partial charge in [-0.2, -0.15) is 0 Å². The molecule has 0 radical (unpaired) electrons. The Bertz CT molecular complexity index is 2200. The number of quaternary nitrogens is 1. The van der Waals surface area contributed by atoms with Crippen LogP contribution >= 0.6 is 0 Å². The molecule has 2 aliphatic heterocycles. The van der Waals surface area contributed by atoms with Gasteiger partial charge < -0.3 is 29.1 Å². The lowest BCUT2D eigenvalue weighted by molar-refractivity contribution is -0.828. The van der Waals surface area contributed by atoms with Crippen molar-refractivity contribution in [2.24, 2.45) is 4.99 Å². The van der Waals surface area contributed by atoms with E-state index in [1.165, 1.54) is 10.6 Å². The monoisotopic (exact) mass is 757 g/mol. The smallest absolute Gasteiger partial charge is 0.254 e. The molecule has 1 aliphatic carbocycles. The Hall–Kier alpha value is -5.48. The Morgan fingerprint density at radius 3 is 2.12 bits per heavy atom. The summed E-state index contributed by atoms with van der Waals surface area (Å²) in [6.07, 6.45) is 0.137. The second-order valence-corrected chi connectivity index (χ2v) is 14.3. The van der Waals surface area contributed by atoms with Gasteiger partial charge >= 0.3 is 0 Å². The number of piperazine rings is 1. The average molecular weight is 758 g/mol. The largest absolute Gasteiger partial charge is 0.862 e. The quantitative estimate of drug-likeness (QED) is 0.0692. The Morgan fingerprint density at radius 1 is 0.786 bits per heavy atom. The van der Waals surface area contributed by atoms with Crippen molar-refractivity contribution in [2.45, 2.75) is 54.4 Å². The third-order valence-electron chi connectivity index (χ3n) is 11.2. The summed E-state index contributed by atoms with van der Waals surface area (Å²) in [6, 6.07) is 28.3. The number of hydrogen-bond donors (Lipinski definition) is 1. The van der Waals surface area contributed by atoms with E-state index in [2.05, 4.69) is 92.4 Å². The molecule has 1 N–H and O–H groups in total. The number of fused-ring (bicyclic) bond motifs is 2. The summed E-state index contributed by atoms with van der Waals surface area (Å²) in [7, 11) is 0. The molecule has 0 atom stereocenters. The van der Waals surface area contributed by atoms with E-state index in [1.807, 2.05) is 53.4 Å². The molecule has 3 aromatic carbocycles. The third-order valence-corrected chi connectivity index (χ3v) is 11.2. The van der Waals surface area contributed by atoms with Gasteiger partial charge in [-0.15, -0.1) is 0 Å². The van der Waals surface area contributed by atoms with Gasteiger partial charge in [0.2, 0.25) is 11.3 Å². The van der Waals surface area contributed by atoms with Gasteiger partial charge in [-0.05, 0) is 95.8 Å². The Labute approximate surface area is 331 Å². The van der Waals surface area contributed by atoms with E-state index in [4.69, 9.17) is 4.42 Å². The molecule has 2 amide bonds. The molecule has 1 fully saturated rings. The van der Waals surface area contributed by atoms with Crippen molar-refractivity contribution in [3.05, 3.63) is 95.8 Å². The molecule has 56 heavy (non-hydrogen) atoms. The first-order valence-electron chi connectivity index (χ1n) is 20.4. The van der Waals surface area contributed by atoms with Crippen molar-refractivity contribution in [1.82, 2.24) is 14.4 Å². The van der Waals surface area contributed by atoms with Crippen LogP contribution in [0, 0.1) is 0 Å². The predicted octanol–water partition coefficient (Wildman–Crippen LogP) is 5.57. The van der Waals surface area contributed by atoms with Crippen molar-refractivity contribution in [3.8, 4) is 22.5 Å². The zero-order chi connectivity index (χ0) is 39.8. The summed E-state index contributed by atoms with van der Waals surface area (Å²) < 4.78 is 8.99. The van der Waals surface area contributed by atoms with E-state index in [9.17, 15) is 14.7 Å². The first-order valence-corrected chi connectivity index (χ1v) is 20.4. The van der Waals surface area contributed by atoms with Crippen LogP contribution < -0.4 is 24.8 Å². The minimum Gasteiger partial charge on any atom is -0.862 e. The highest BCUT2D eigenvalue weighted by molar-refractivity contribution is 6.09. The molecule has 10 nitrogen and oxygen atoms in total. The average Bonchev–Trinajstić information content (AvgIpc) is 3.23. The van der Waals surface area contributed by atoms with E-state index in [0.717, 1.165) is 83.7 Å². The molecule has 0 unspecified atom stereocenters. The number of anilines is 1. The zero-order valence-electron chi connectivity index (χ0n) is 33.9. The van der Waals surface area contributed by atoms with Crippen LogP contribution in [-0.2, 0) is 4.79 Å². The van der Waals surface area contributed by atoms with Crippen LogP contribution in [-0.4, -0.2) is 93.0 Å². The number of aliphatic imine (C=N–C) groups is 1. The maximum Gasteiger partial charge on any atom is 0.254 e. The fraction of sp³-hybridized carbons (Fsp3) is 0.391. The van der Waals surface area contributed by atoms with E-state index < -0.39 is 0 Å². The Morgan fingerprint density at radius 2 is 1.46 bits per heavy atom.